The van der Waals surface area contributed by atoms with Crippen LogP contribution in [0.2, 0.25) is 0 Å². The van der Waals surface area contributed by atoms with Gasteiger partial charge in [0, 0.05) is 13.0 Å². The van der Waals surface area contributed by atoms with Gasteiger partial charge in [-0.1, -0.05) is 6.92 Å². The molecule has 0 radical (unpaired) electrons. The molecule has 0 saturated heterocycles. The van der Waals surface area contributed by atoms with Gasteiger partial charge in [-0.2, -0.15) is 13.2 Å². The summed E-state index contributed by atoms with van der Waals surface area (Å²) in [5.41, 5.74) is 0.790. The molecule has 1 heterocycles. The third-order valence-electron chi connectivity index (χ3n) is 2.28. The van der Waals surface area contributed by atoms with E-state index < -0.39 is 12.6 Å². The molecule has 0 atom stereocenters. The van der Waals surface area contributed by atoms with Crippen LogP contribution in [-0.4, -0.2) is 22.7 Å². The van der Waals surface area contributed by atoms with Crippen molar-refractivity contribution in [2.24, 2.45) is 0 Å². The Hall–Kier alpha value is -0.600. The van der Waals surface area contributed by atoms with Crippen LogP contribution in [-0.2, 0) is 12.8 Å². The molecule has 1 N–H and O–H groups in total. The maximum atomic E-state index is 12.2. The van der Waals surface area contributed by atoms with Crippen molar-refractivity contribution < 1.29 is 13.2 Å². The molecule has 1 aromatic heterocycles. The van der Waals surface area contributed by atoms with Crippen LogP contribution in [0.5, 0.6) is 0 Å². The topological polar surface area (TPSA) is 37.8 Å². The first-order chi connectivity index (χ1) is 8.37. The Morgan fingerprint density at radius 1 is 1.22 bits per heavy atom. The summed E-state index contributed by atoms with van der Waals surface area (Å²) < 4.78 is 37.4. The molecule has 0 aliphatic heterocycles. The first kappa shape index (κ1) is 15.5. The van der Waals surface area contributed by atoms with E-state index in [1.165, 1.54) is 0 Å². The molecule has 0 saturated carbocycles. The molecule has 102 valence electrons. The average molecular weight is 373 g/mol. The van der Waals surface area contributed by atoms with Crippen LogP contribution in [0.15, 0.2) is 0 Å². The molecule has 0 aliphatic carbocycles. The fraction of sp³-hybridized carbons (Fsp3) is 0.636. The Morgan fingerprint density at radius 2 is 1.89 bits per heavy atom. The number of aryl methyl sites for hydroxylation is 2. The van der Waals surface area contributed by atoms with Gasteiger partial charge in [-0.05, 0) is 35.9 Å². The predicted molar refractivity (Wildman–Crippen MR) is 72.7 cm³/mol. The van der Waals surface area contributed by atoms with Gasteiger partial charge >= 0.3 is 6.18 Å². The first-order valence-corrected chi connectivity index (χ1v) is 6.81. The monoisotopic (exact) mass is 373 g/mol. The maximum absolute atomic E-state index is 12.2. The SMILES string of the molecule is CCNc1nc(CCC(F)(F)F)nc(CC)c1I. The molecule has 0 spiro atoms. The largest absolute Gasteiger partial charge is 0.389 e. The molecule has 1 rings (SSSR count). The molecule has 7 heteroatoms. The van der Waals surface area contributed by atoms with Gasteiger partial charge in [-0.25, -0.2) is 9.97 Å². The molecular weight excluding hydrogens is 358 g/mol. The van der Waals surface area contributed by atoms with E-state index in [2.05, 4.69) is 37.9 Å². The Kier molecular flexibility index (Phi) is 5.61. The van der Waals surface area contributed by atoms with E-state index in [1.54, 1.807) is 0 Å². The van der Waals surface area contributed by atoms with Crippen molar-refractivity contribution >= 4 is 28.4 Å². The van der Waals surface area contributed by atoms with Crippen molar-refractivity contribution in [1.29, 1.82) is 0 Å². The number of halogens is 4. The summed E-state index contributed by atoms with van der Waals surface area (Å²) in [5, 5.41) is 3.05. The third kappa shape index (κ3) is 4.58. The maximum Gasteiger partial charge on any atom is 0.389 e. The van der Waals surface area contributed by atoms with Crippen molar-refractivity contribution in [2.45, 2.75) is 39.3 Å². The standard InChI is InChI=1S/C11H15F3IN3/c1-3-7-9(15)10(16-4-2)18-8(17-7)5-6-11(12,13)14/h3-6H2,1-2H3,(H,16,17,18). The zero-order chi connectivity index (χ0) is 13.8. The molecule has 0 unspecified atom stereocenters. The van der Waals surface area contributed by atoms with Crippen LogP contribution in [0.1, 0.15) is 31.8 Å². The molecule has 0 fully saturated rings. The van der Waals surface area contributed by atoms with Gasteiger partial charge in [0.2, 0.25) is 0 Å². The zero-order valence-corrected chi connectivity index (χ0v) is 12.4. The van der Waals surface area contributed by atoms with Crippen molar-refractivity contribution in [3.63, 3.8) is 0 Å². The van der Waals surface area contributed by atoms with Crippen molar-refractivity contribution in [3.05, 3.63) is 15.1 Å². The highest BCUT2D eigenvalue weighted by Crippen LogP contribution is 2.24. The summed E-state index contributed by atoms with van der Waals surface area (Å²) in [7, 11) is 0. The second-order valence-electron chi connectivity index (χ2n) is 3.75. The summed E-state index contributed by atoms with van der Waals surface area (Å²) in [6, 6.07) is 0. The second kappa shape index (κ2) is 6.53. The fourth-order valence-electron chi connectivity index (χ4n) is 1.43. The molecule has 0 aliphatic rings. The molecule has 0 aromatic carbocycles. The van der Waals surface area contributed by atoms with Gasteiger partial charge in [0.25, 0.3) is 0 Å². The molecule has 0 bridgehead atoms. The van der Waals surface area contributed by atoms with Crippen LogP contribution >= 0.6 is 22.6 Å². The highest BCUT2D eigenvalue weighted by molar-refractivity contribution is 14.1. The molecule has 18 heavy (non-hydrogen) atoms. The second-order valence-corrected chi connectivity index (χ2v) is 4.83. The van der Waals surface area contributed by atoms with E-state index in [0.29, 0.717) is 18.8 Å². The number of anilines is 1. The summed E-state index contributed by atoms with van der Waals surface area (Å²) in [4.78, 5) is 8.32. The van der Waals surface area contributed by atoms with E-state index in [4.69, 9.17) is 0 Å². The van der Waals surface area contributed by atoms with Gasteiger partial charge in [0.1, 0.15) is 11.6 Å². The van der Waals surface area contributed by atoms with Crippen molar-refractivity contribution in [1.82, 2.24) is 9.97 Å². The number of aromatic nitrogens is 2. The van der Waals surface area contributed by atoms with Crippen LogP contribution in [0.4, 0.5) is 19.0 Å². The van der Waals surface area contributed by atoms with E-state index in [1.807, 2.05) is 13.8 Å². The molecule has 0 amide bonds. The smallest absolute Gasteiger partial charge is 0.369 e. The lowest BCUT2D eigenvalue weighted by molar-refractivity contribution is -0.134. The van der Waals surface area contributed by atoms with Crippen molar-refractivity contribution in [3.8, 4) is 0 Å². The number of hydrogen-bond acceptors (Lipinski definition) is 3. The van der Waals surface area contributed by atoms with E-state index >= 15 is 0 Å². The molecule has 3 nitrogen and oxygen atoms in total. The summed E-state index contributed by atoms with van der Waals surface area (Å²) in [6.45, 7) is 4.52. The number of alkyl halides is 3. The summed E-state index contributed by atoms with van der Waals surface area (Å²) in [6.07, 6.45) is -4.55. The highest BCUT2D eigenvalue weighted by atomic mass is 127. The summed E-state index contributed by atoms with van der Waals surface area (Å²) in [5.74, 6) is 0.877. The van der Waals surface area contributed by atoms with E-state index in [0.717, 1.165) is 9.26 Å². The van der Waals surface area contributed by atoms with Gasteiger partial charge in [-0.3, -0.25) is 0 Å². The average Bonchev–Trinajstić information content (AvgIpc) is 2.29. The van der Waals surface area contributed by atoms with Gasteiger partial charge in [0.05, 0.1) is 15.7 Å². The minimum atomic E-state index is -4.17. The molecular formula is C11H15F3IN3. The van der Waals surface area contributed by atoms with Gasteiger partial charge in [-0.15, -0.1) is 0 Å². The van der Waals surface area contributed by atoms with E-state index in [9.17, 15) is 13.2 Å². The molecule has 1 aromatic rings. The quantitative estimate of drug-likeness (QED) is 0.802. The van der Waals surface area contributed by atoms with Crippen molar-refractivity contribution in [2.75, 3.05) is 11.9 Å². The minimum absolute atomic E-state index is 0.175. The Bertz CT molecular complexity index is 407. The number of hydrogen-bond donors (Lipinski definition) is 1. The van der Waals surface area contributed by atoms with Crippen LogP contribution in [0, 0.1) is 3.57 Å². The van der Waals surface area contributed by atoms with Gasteiger partial charge < -0.3 is 5.32 Å². The first-order valence-electron chi connectivity index (χ1n) is 5.73. The van der Waals surface area contributed by atoms with Gasteiger partial charge in [0.15, 0.2) is 0 Å². The number of rotatable bonds is 5. The third-order valence-corrected chi connectivity index (χ3v) is 3.41. The number of nitrogens with one attached hydrogen (secondary N) is 1. The lowest BCUT2D eigenvalue weighted by Crippen LogP contribution is -2.13. The minimum Gasteiger partial charge on any atom is -0.369 e. The highest BCUT2D eigenvalue weighted by Gasteiger charge is 2.27. The lowest BCUT2D eigenvalue weighted by Gasteiger charge is -2.12. The Labute approximate surface area is 118 Å². The van der Waals surface area contributed by atoms with Crippen LogP contribution in [0.25, 0.3) is 0 Å². The van der Waals surface area contributed by atoms with Crippen LogP contribution in [0.3, 0.4) is 0 Å². The normalized spacial score (nSPS) is 11.7. The Morgan fingerprint density at radius 3 is 2.39 bits per heavy atom. The Balaban J connectivity index is 2.95. The fourth-order valence-corrected chi connectivity index (χ4v) is 2.24. The number of nitrogens with zero attached hydrogens (tertiary/aromatic N) is 2. The summed E-state index contributed by atoms with van der Waals surface area (Å²) >= 11 is 2.12. The van der Waals surface area contributed by atoms with E-state index in [-0.39, 0.29) is 12.2 Å². The lowest BCUT2D eigenvalue weighted by atomic mass is 10.2. The van der Waals surface area contributed by atoms with Crippen LogP contribution < -0.4 is 5.32 Å². The predicted octanol–water partition coefficient (Wildman–Crippen LogP) is 3.57. The zero-order valence-electron chi connectivity index (χ0n) is 10.2.